The molecule has 0 radical (unpaired) electrons. The molecule has 2 rings (SSSR count). The van der Waals surface area contributed by atoms with E-state index in [1.54, 1.807) is 0 Å². The Morgan fingerprint density at radius 2 is 1.21 bits per heavy atom. The Morgan fingerprint density at radius 1 is 0.750 bits per heavy atom. The van der Waals surface area contributed by atoms with E-state index < -0.39 is 8.09 Å². The molecule has 0 nitrogen and oxygen atoms in total. The van der Waals surface area contributed by atoms with Crippen LogP contribution >= 0.6 is 62.7 Å². The van der Waals surface area contributed by atoms with Crippen LogP contribution < -0.4 is 0 Å². The molecule has 0 bridgehead atoms. The third-order valence-electron chi connectivity index (χ3n) is 4.20. The number of benzene rings is 2. The number of unbranched alkanes of at least 4 members (excludes halogenated alkanes) is 2. The highest BCUT2D eigenvalue weighted by molar-refractivity contribution is 9.38. The van der Waals surface area contributed by atoms with E-state index in [9.17, 15) is 0 Å². The molecule has 0 spiro atoms. The minimum absolute atomic E-state index is 0.0996. The van der Waals surface area contributed by atoms with E-state index in [-0.39, 0.29) is 9.42 Å². The lowest BCUT2D eigenvalue weighted by molar-refractivity contribution is 0.898. The van der Waals surface area contributed by atoms with Crippen LogP contribution in [-0.2, 0) is 0 Å². The Kier molecular flexibility index (Phi) is 12.1. The number of alkyl halides is 2. The summed E-state index contributed by atoms with van der Waals surface area (Å²) in [4.78, 5) is 0. The lowest BCUT2D eigenvalue weighted by Gasteiger charge is -2.45. The fourth-order valence-corrected chi connectivity index (χ4v) is 20.2. The summed E-state index contributed by atoms with van der Waals surface area (Å²) >= 11 is 14.5. The normalized spacial score (nSPS) is 16.9. The standard InChI is InChI=1S/C22H30Cl2S4/c1-3-5-17-25-27-28(26-18-6-4-2,21(23)19-13-9-7-10-14-19)22(24)20-15-11-8-12-16-20/h7-16,21-22H,3-6,17-18H2,1-2H3. The Balaban J connectivity index is 2.40. The Morgan fingerprint density at radius 3 is 1.68 bits per heavy atom. The first kappa shape index (κ1) is 24.7. The lowest BCUT2D eigenvalue weighted by Crippen LogP contribution is -2.07. The van der Waals surface area contributed by atoms with Crippen LogP contribution in [-0.4, -0.2) is 11.5 Å². The quantitative estimate of drug-likeness (QED) is 0.155. The molecule has 0 aliphatic carbocycles. The summed E-state index contributed by atoms with van der Waals surface area (Å²) in [7, 11) is 4.45. The van der Waals surface area contributed by atoms with Gasteiger partial charge in [-0.15, -0.1) is 23.2 Å². The first-order valence-corrected chi connectivity index (χ1v) is 16.8. The third kappa shape index (κ3) is 6.99. The van der Waals surface area contributed by atoms with Gasteiger partial charge in [-0.25, -0.2) is 0 Å². The van der Waals surface area contributed by atoms with Gasteiger partial charge in [-0.3, -0.25) is 0 Å². The highest BCUT2D eigenvalue weighted by Gasteiger charge is 2.42. The van der Waals surface area contributed by atoms with Gasteiger partial charge in [0.25, 0.3) is 0 Å². The Bertz CT molecular complexity index is 609. The molecule has 28 heavy (non-hydrogen) atoms. The molecule has 0 N–H and O–H groups in total. The first-order chi connectivity index (χ1) is 13.7. The maximum atomic E-state index is 7.26. The van der Waals surface area contributed by atoms with Crippen LogP contribution in [0.1, 0.15) is 60.1 Å². The van der Waals surface area contributed by atoms with Crippen LogP contribution in [0.25, 0.3) is 0 Å². The molecule has 6 heteroatoms. The molecular formula is C22H30Cl2S4. The highest BCUT2D eigenvalue weighted by atomic mass is 35.5. The minimum Gasteiger partial charge on any atom is -0.106 e. The van der Waals surface area contributed by atoms with Gasteiger partial charge in [0.2, 0.25) is 0 Å². The van der Waals surface area contributed by atoms with E-state index in [4.69, 9.17) is 23.2 Å². The summed E-state index contributed by atoms with van der Waals surface area (Å²) in [6.45, 7) is 4.48. The van der Waals surface area contributed by atoms with Crippen LogP contribution in [0.2, 0.25) is 0 Å². The van der Waals surface area contributed by atoms with Gasteiger partial charge in [-0.2, -0.15) is 0 Å². The number of halogens is 2. The number of rotatable bonds is 13. The SMILES string of the molecule is CCCCSSS(SCCCC)(C(Cl)c1ccccc1)C(Cl)c1ccccc1. The van der Waals surface area contributed by atoms with Gasteiger partial charge < -0.3 is 0 Å². The maximum Gasteiger partial charge on any atom is 0.108 e. The van der Waals surface area contributed by atoms with Crippen LogP contribution in [0, 0.1) is 0 Å². The van der Waals surface area contributed by atoms with Gasteiger partial charge in [0.1, 0.15) is 9.42 Å². The van der Waals surface area contributed by atoms with Gasteiger partial charge in [0.05, 0.1) is 0 Å². The van der Waals surface area contributed by atoms with Crippen molar-refractivity contribution < 1.29 is 0 Å². The Hall–Kier alpha value is 0.420. The molecule has 2 unspecified atom stereocenters. The van der Waals surface area contributed by atoms with Crippen LogP contribution in [0.5, 0.6) is 0 Å². The van der Waals surface area contributed by atoms with E-state index in [0.717, 1.165) is 11.5 Å². The second-order valence-corrected chi connectivity index (χ2v) is 18.4. The van der Waals surface area contributed by atoms with Gasteiger partial charge in [-0.1, -0.05) is 117 Å². The predicted octanol–water partition coefficient (Wildman–Crippen LogP) is 10.2. The fourth-order valence-electron chi connectivity index (χ4n) is 2.55. The second kappa shape index (κ2) is 13.7. The van der Waals surface area contributed by atoms with Crippen molar-refractivity contribution in [2.75, 3.05) is 11.5 Å². The predicted molar refractivity (Wildman–Crippen MR) is 140 cm³/mol. The molecule has 0 aromatic heterocycles. The molecule has 0 saturated carbocycles. The average molecular weight is 494 g/mol. The molecule has 0 heterocycles. The summed E-state index contributed by atoms with van der Waals surface area (Å²) in [6.07, 6.45) is 4.82. The van der Waals surface area contributed by atoms with E-state index in [1.807, 2.05) is 43.5 Å². The van der Waals surface area contributed by atoms with E-state index in [0.29, 0.717) is 0 Å². The largest absolute Gasteiger partial charge is 0.108 e. The van der Waals surface area contributed by atoms with Crippen molar-refractivity contribution in [3.8, 4) is 0 Å². The smallest absolute Gasteiger partial charge is 0.106 e. The summed E-state index contributed by atoms with van der Waals surface area (Å²) in [5, 5.41) is 0. The fraction of sp³-hybridized carbons (Fsp3) is 0.455. The van der Waals surface area contributed by atoms with E-state index >= 15 is 0 Å². The molecule has 0 saturated heterocycles. The van der Waals surface area contributed by atoms with Crippen LogP contribution in [0.15, 0.2) is 60.7 Å². The van der Waals surface area contributed by atoms with Crippen molar-refractivity contribution in [2.45, 2.75) is 48.9 Å². The highest BCUT2D eigenvalue weighted by Crippen LogP contribution is 2.88. The maximum absolute atomic E-state index is 7.26. The third-order valence-corrected chi connectivity index (χ3v) is 21.4. The van der Waals surface area contributed by atoms with Gasteiger partial charge in [0.15, 0.2) is 0 Å². The van der Waals surface area contributed by atoms with Gasteiger partial charge in [-0.05, 0) is 33.8 Å². The molecule has 0 amide bonds. The lowest BCUT2D eigenvalue weighted by atomic mass is 10.2. The van der Waals surface area contributed by atoms with Crippen molar-refractivity contribution in [1.82, 2.24) is 0 Å². The molecule has 0 aliphatic rings. The van der Waals surface area contributed by atoms with Crippen LogP contribution in [0.3, 0.4) is 0 Å². The van der Waals surface area contributed by atoms with Crippen molar-refractivity contribution in [1.29, 1.82) is 0 Å². The van der Waals surface area contributed by atoms with Crippen LogP contribution in [0.4, 0.5) is 0 Å². The zero-order chi connectivity index (χ0) is 20.2. The van der Waals surface area contributed by atoms with Gasteiger partial charge >= 0.3 is 0 Å². The summed E-state index contributed by atoms with van der Waals surface area (Å²) in [5.74, 6) is 2.24. The average Bonchev–Trinajstić information content (AvgIpc) is 2.76. The van der Waals surface area contributed by atoms with E-state index in [2.05, 4.69) is 62.4 Å². The number of hydrogen-bond acceptors (Lipinski definition) is 3. The molecule has 2 aromatic rings. The molecule has 0 fully saturated rings. The zero-order valence-electron chi connectivity index (χ0n) is 16.6. The summed E-state index contributed by atoms with van der Waals surface area (Å²) < 4.78 is -0.199. The summed E-state index contributed by atoms with van der Waals surface area (Å²) in [5.41, 5.74) is 2.35. The monoisotopic (exact) mass is 492 g/mol. The Labute approximate surface area is 193 Å². The topological polar surface area (TPSA) is 0 Å². The van der Waals surface area contributed by atoms with Crippen molar-refractivity contribution in [2.24, 2.45) is 0 Å². The number of hydrogen-bond donors (Lipinski definition) is 0. The first-order valence-electron chi connectivity index (χ1n) is 9.80. The molecular weight excluding hydrogens is 463 g/mol. The molecule has 2 aromatic carbocycles. The molecule has 0 aliphatic heterocycles. The van der Waals surface area contributed by atoms with E-state index in [1.165, 1.54) is 36.8 Å². The van der Waals surface area contributed by atoms with Gasteiger partial charge in [0, 0.05) is 11.5 Å². The van der Waals surface area contributed by atoms with Crippen molar-refractivity contribution >= 4 is 62.7 Å². The minimum atomic E-state index is -1.49. The van der Waals surface area contributed by atoms with Crippen molar-refractivity contribution in [3.63, 3.8) is 0 Å². The summed E-state index contributed by atoms with van der Waals surface area (Å²) in [6, 6.07) is 21.0. The molecule has 2 atom stereocenters. The molecule has 156 valence electrons. The zero-order valence-corrected chi connectivity index (χ0v) is 21.3. The second-order valence-electron chi connectivity index (χ2n) is 6.46. The van der Waals surface area contributed by atoms with Crippen molar-refractivity contribution in [3.05, 3.63) is 71.8 Å².